The van der Waals surface area contributed by atoms with E-state index in [0.717, 1.165) is 5.56 Å². The van der Waals surface area contributed by atoms with Gasteiger partial charge in [-0.3, -0.25) is 14.2 Å². The zero-order valence-electron chi connectivity index (χ0n) is 22.9. The third-order valence-electron chi connectivity index (χ3n) is 5.88. The van der Waals surface area contributed by atoms with Crippen LogP contribution in [-0.4, -0.2) is 36.3 Å². The van der Waals surface area contributed by atoms with Crippen LogP contribution in [0.4, 0.5) is 0 Å². The summed E-state index contributed by atoms with van der Waals surface area (Å²) in [6, 6.07) is 10.1. The number of hydrogen-bond acceptors (Lipinski definition) is 9. The van der Waals surface area contributed by atoms with E-state index in [-0.39, 0.29) is 18.3 Å². The van der Waals surface area contributed by atoms with Crippen LogP contribution in [0.5, 0.6) is 17.2 Å². The first kappa shape index (κ1) is 29.5. The second kappa shape index (κ2) is 12.4. The first-order valence-corrected chi connectivity index (χ1v) is 14.5. The van der Waals surface area contributed by atoms with Crippen molar-refractivity contribution in [2.24, 2.45) is 4.99 Å². The standard InChI is InChI=1S/C29H29IN2O7S/c1-7-37-28(35)24-16(4)31-29-32(25(24)19-8-10-20(11-9-19)38-15(2)3)27(34)23(40-29)14-18-12-21(30)26(39-17(5)33)22(13-18)36-6/h8-15,25H,7H2,1-6H3/b23-14-/t25-/m0/s1. The lowest BCUT2D eigenvalue weighted by atomic mass is 9.96. The highest BCUT2D eigenvalue weighted by Crippen LogP contribution is 2.35. The molecule has 0 amide bonds. The summed E-state index contributed by atoms with van der Waals surface area (Å²) in [4.78, 5) is 43.6. The average Bonchev–Trinajstić information content (AvgIpc) is 3.18. The number of esters is 2. The van der Waals surface area contributed by atoms with Gasteiger partial charge in [0.1, 0.15) is 5.75 Å². The number of methoxy groups -OCH3 is 1. The van der Waals surface area contributed by atoms with Crippen LogP contribution >= 0.6 is 33.9 Å². The van der Waals surface area contributed by atoms with E-state index in [1.165, 1.54) is 29.9 Å². The zero-order valence-corrected chi connectivity index (χ0v) is 25.9. The van der Waals surface area contributed by atoms with Gasteiger partial charge in [-0.05, 0) is 91.8 Å². The number of allylic oxidation sites excluding steroid dienone is 1. The molecular formula is C29H29IN2O7S. The molecule has 1 aliphatic rings. The molecular weight excluding hydrogens is 647 g/mol. The molecule has 0 spiro atoms. The molecule has 1 aromatic heterocycles. The molecule has 9 nitrogen and oxygen atoms in total. The van der Waals surface area contributed by atoms with E-state index in [9.17, 15) is 14.4 Å². The minimum absolute atomic E-state index is 0.00512. The fourth-order valence-electron chi connectivity index (χ4n) is 4.33. The fraction of sp³-hybridized carbons (Fsp3) is 0.310. The van der Waals surface area contributed by atoms with Crippen molar-refractivity contribution in [2.45, 2.75) is 46.8 Å². The molecule has 40 heavy (non-hydrogen) atoms. The maximum absolute atomic E-state index is 13.9. The van der Waals surface area contributed by atoms with Crippen LogP contribution in [0.25, 0.3) is 6.08 Å². The van der Waals surface area contributed by atoms with Crippen molar-refractivity contribution < 1.29 is 28.5 Å². The fourth-order valence-corrected chi connectivity index (χ4v) is 6.11. The van der Waals surface area contributed by atoms with E-state index in [4.69, 9.17) is 18.9 Å². The van der Waals surface area contributed by atoms with Crippen molar-refractivity contribution in [3.8, 4) is 17.2 Å². The molecule has 1 aliphatic heterocycles. The van der Waals surface area contributed by atoms with Gasteiger partial charge in [0, 0.05) is 6.92 Å². The van der Waals surface area contributed by atoms with Crippen molar-refractivity contribution >= 4 is 51.9 Å². The summed E-state index contributed by atoms with van der Waals surface area (Å²) in [5.41, 5.74) is 1.89. The van der Waals surface area contributed by atoms with Crippen LogP contribution in [0.15, 0.2) is 57.5 Å². The quantitative estimate of drug-likeness (QED) is 0.201. The number of fused-ring (bicyclic) bond motifs is 1. The van der Waals surface area contributed by atoms with Gasteiger partial charge < -0.3 is 18.9 Å². The zero-order chi connectivity index (χ0) is 29.1. The maximum Gasteiger partial charge on any atom is 0.338 e. The Morgan fingerprint density at radius 1 is 1.20 bits per heavy atom. The number of ether oxygens (including phenoxy) is 4. The number of halogens is 1. The van der Waals surface area contributed by atoms with Gasteiger partial charge in [0.05, 0.1) is 45.2 Å². The summed E-state index contributed by atoms with van der Waals surface area (Å²) in [5, 5.41) is 0. The predicted octanol–water partition coefficient (Wildman–Crippen LogP) is 4.12. The minimum atomic E-state index is -0.730. The molecule has 4 rings (SSSR count). The van der Waals surface area contributed by atoms with Crippen molar-refractivity contribution in [3.05, 3.63) is 82.1 Å². The molecule has 0 saturated carbocycles. The lowest BCUT2D eigenvalue weighted by molar-refractivity contribution is -0.139. The van der Waals surface area contributed by atoms with Crippen LogP contribution in [0, 0.1) is 3.57 Å². The number of thiazole rings is 1. The van der Waals surface area contributed by atoms with Crippen LogP contribution in [0.2, 0.25) is 0 Å². The number of hydrogen-bond donors (Lipinski definition) is 0. The molecule has 2 heterocycles. The van der Waals surface area contributed by atoms with Crippen LogP contribution < -0.4 is 29.1 Å². The number of rotatable bonds is 8. The van der Waals surface area contributed by atoms with E-state index in [1.54, 1.807) is 32.1 Å². The molecule has 3 aromatic rings. The first-order chi connectivity index (χ1) is 19.0. The summed E-state index contributed by atoms with van der Waals surface area (Å²) in [6.07, 6.45) is 1.73. The third kappa shape index (κ3) is 6.15. The highest BCUT2D eigenvalue weighted by molar-refractivity contribution is 14.1. The molecule has 0 N–H and O–H groups in total. The smallest absolute Gasteiger partial charge is 0.338 e. The van der Waals surface area contributed by atoms with Gasteiger partial charge >= 0.3 is 11.9 Å². The van der Waals surface area contributed by atoms with Crippen molar-refractivity contribution in [3.63, 3.8) is 0 Å². The Morgan fingerprint density at radius 3 is 2.50 bits per heavy atom. The Labute approximate surface area is 248 Å². The third-order valence-corrected chi connectivity index (χ3v) is 7.66. The summed E-state index contributed by atoms with van der Waals surface area (Å²) in [7, 11) is 1.48. The molecule has 0 fully saturated rings. The highest BCUT2D eigenvalue weighted by Gasteiger charge is 2.33. The number of benzene rings is 2. The van der Waals surface area contributed by atoms with E-state index in [1.807, 2.05) is 38.1 Å². The average molecular weight is 677 g/mol. The summed E-state index contributed by atoms with van der Waals surface area (Å²) in [6.45, 7) is 8.87. The molecule has 0 saturated heterocycles. The Morgan fingerprint density at radius 2 is 1.90 bits per heavy atom. The van der Waals surface area contributed by atoms with E-state index < -0.39 is 18.0 Å². The number of carbonyl (C=O) groups is 2. The Hall–Kier alpha value is -3.45. The SMILES string of the molecule is CCOC(=O)C1=C(C)N=c2s/c(=C\c3cc(I)c(OC(C)=O)c(OC)c3)c(=O)n2[C@H]1c1ccc(OC(C)C)cc1. The molecule has 0 aliphatic carbocycles. The lowest BCUT2D eigenvalue weighted by Gasteiger charge is -2.25. The number of aromatic nitrogens is 1. The van der Waals surface area contributed by atoms with Gasteiger partial charge in [-0.15, -0.1) is 0 Å². The van der Waals surface area contributed by atoms with E-state index in [0.29, 0.717) is 47.0 Å². The first-order valence-electron chi connectivity index (χ1n) is 12.6. The van der Waals surface area contributed by atoms with Crippen LogP contribution in [-0.2, 0) is 14.3 Å². The Bertz CT molecular complexity index is 1670. The Balaban J connectivity index is 1.88. The van der Waals surface area contributed by atoms with Crippen molar-refractivity contribution in [1.29, 1.82) is 0 Å². The van der Waals surface area contributed by atoms with E-state index >= 15 is 0 Å². The van der Waals surface area contributed by atoms with Gasteiger partial charge in [0.25, 0.3) is 5.56 Å². The predicted molar refractivity (Wildman–Crippen MR) is 160 cm³/mol. The maximum atomic E-state index is 13.9. The Kier molecular flexibility index (Phi) is 9.14. The van der Waals surface area contributed by atoms with Gasteiger partial charge in [-0.1, -0.05) is 23.5 Å². The molecule has 11 heteroatoms. The summed E-state index contributed by atoms with van der Waals surface area (Å²) in [5.74, 6) is 0.377. The number of carbonyl (C=O) groups excluding carboxylic acids is 2. The summed E-state index contributed by atoms with van der Waals surface area (Å²) >= 11 is 3.27. The molecule has 2 aromatic carbocycles. The van der Waals surface area contributed by atoms with Gasteiger partial charge in [-0.2, -0.15) is 0 Å². The molecule has 1 atom stereocenters. The molecule has 0 unspecified atom stereocenters. The number of nitrogens with zero attached hydrogens (tertiary/aromatic N) is 2. The van der Waals surface area contributed by atoms with Crippen LogP contribution in [0.1, 0.15) is 51.8 Å². The second-order valence-electron chi connectivity index (χ2n) is 9.17. The highest BCUT2D eigenvalue weighted by atomic mass is 127. The van der Waals surface area contributed by atoms with Gasteiger partial charge in [-0.25, -0.2) is 9.79 Å². The molecule has 0 radical (unpaired) electrons. The van der Waals surface area contributed by atoms with Crippen molar-refractivity contribution in [1.82, 2.24) is 4.57 Å². The van der Waals surface area contributed by atoms with Gasteiger partial charge in [0.2, 0.25) is 0 Å². The van der Waals surface area contributed by atoms with Gasteiger partial charge in [0.15, 0.2) is 16.3 Å². The molecule has 0 bridgehead atoms. The monoisotopic (exact) mass is 676 g/mol. The molecule has 210 valence electrons. The van der Waals surface area contributed by atoms with Crippen LogP contribution in [0.3, 0.4) is 0 Å². The second-order valence-corrected chi connectivity index (χ2v) is 11.3. The largest absolute Gasteiger partial charge is 0.493 e. The topological polar surface area (TPSA) is 105 Å². The lowest BCUT2D eigenvalue weighted by Crippen LogP contribution is -2.39. The van der Waals surface area contributed by atoms with Crippen molar-refractivity contribution in [2.75, 3.05) is 13.7 Å². The summed E-state index contributed by atoms with van der Waals surface area (Å²) < 4.78 is 24.5. The normalized spacial score (nSPS) is 15.0. The van der Waals surface area contributed by atoms with E-state index in [2.05, 4.69) is 27.6 Å². The minimum Gasteiger partial charge on any atom is -0.493 e.